The Kier molecular flexibility index (Phi) is 5.89. The number of anilines is 1. The van der Waals surface area contributed by atoms with Gasteiger partial charge in [0, 0.05) is 48.8 Å². The van der Waals surface area contributed by atoms with E-state index in [9.17, 15) is 13.2 Å². The molecule has 36 heavy (non-hydrogen) atoms. The van der Waals surface area contributed by atoms with Crippen molar-refractivity contribution in [3.8, 4) is 22.6 Å². The lowest BCUT2D eigenvalue weighted by Crippen LogP contribution is -2.36. The number of rotatable bonds is 4. The number of benzene rings is 1. The third-order valence-electron chi connectivity index (χ3n) is 6.75. The fourth-order valence-corrected chi connectivity index (χ4v) is 5.15. The summed E-state index contributed by atoms with van der Waals surface area (Å²) in [6.07, 6.45) is -1.63. The Morgan fingerprint density at radius 3 is 2.42 bits per heavy atom. The Balaban J connectivity index is 1.48. The van der Waals surface area contributed by atoms with Crippen molar-refractivity contribution in [3.05, 3.63) is 71.7 Å². The molecule has 0 aliphatic carbocycles. The minimum absolute atomic E-state index is 0.206. The van der Waals surface area contributed by atoms with Crippen molar-refractivity contribution < 1.29 is 13.2 Å². The first-order valence-electron chi connectivity index (χ1n) is 12.0. The number of aromatic nitrogens is 5. The first kappa shape index (κ1) is 24.1. The fraction of sp³-hybridized carbons (Fsp3) is 0.370. The molecular weight excluding hydrogens is 465 g/mol. The minimum Gasteiger partial charge on any atom is -0.364 e. The molecule has 188 valence electrons. The second kappa shape index (κ2) is 8.80. The molecule has 9 heteroatoms. The van der Waals surface area contributed by atoms with Crippen molar-refractivity contribution in [3.63, 3.8) is 0 Å². The van der Waals surface area contributed by atoms with Gasteiger partial charge in [0.15, 0.2) is 5.69 Å². The molecule has 1 aliphatic rings. The van der Waals surface area contributed by atoms with Crippen molar-refractivity contribution >= 4 is 5.69 Å². The van der Waals surface area contributed by atoms with Crippen LogP contribution in [-0.2, 0) is 19.8 Å². The van der Waals surface area contributed by atoms with Crippen LogP contribution in [-0.4, -0.2) is 30.6 Å². The van der Waals surface area contributed by atoms with E-state index in [1.165, 1.54) is 4.57 Å². The molecule has 1 aliphatic heterocycles. The summed E-state index contributed by atoms with van der Waals surface area (Å²) in [6, 6.07) is 11.8. The van der Waals surface area contributed by atoms with Gasteiger partial charge in [0.05, 0.1) is 23.6 Å². The maximum atomic E-state index is 13.1. The number of nitrogens with zero attached hydrogens (tertiary/aromatic N) is 6. The highest BCUT2D eigenvalue weighted by Gasteiger charge is 2.34. The third-order valence-corrected chi connectivity index (χ3v) is 6.75. The standard InChI is InChI=1S/C27H29F3N6/c1-16(2)24-21(7-6-12-31-24)25-22-14-35(13-17(3)36(22)18(4)32-25)20-10-8-19(9-11-20)26-33-23(15-34(26)5)27(28,29)30/h6-12,15-17H,13-14H2,1-5H3/t17-/m0/s1. The molecule has 0 amide bonds. The van der Waals surface area contributed by atoms with E-state index in [0.29, 0.717) is 12.1 Å². The summed E-state index contributed by atoms with van der Waals surface area (Å²) >= 11 is 0. The summed E-state index contributed by atoms with van der Waals surface area (Å²) in [6.45, 7) is 9.97. The molecule has 1 aromatic carbocycles. The van der Waals surface area contributed by atoms with E-state index >= 15 is 0 Å². The van der Waals surface area contributed by atoms with Gasteiger partial charge in [-0.05, 0) is 56.2 Å². The van der Waals surface area contributed by atoms with E-state index in [1.54, 1.807) is 7.05 Å². The normalized spacial score (nSPS) is 16.0. The number of aryl methyl sites for hydroxylation is 2. The SMILES string of the molecule is Cc1nc(-c2cccnc2C(C)C)c2n1[C@@H](C)CN(c1ccc(-c3nc(C(F)(F)F)cn3C)cc1)C2. The average Bonchev–Trinajstić information content (AvgIpc) is 3.39. The summed E-state index contributed by atoms with van der Waals surface area (Å²) < 4.78 is 43.0. The third kappa shape index (κ3) is 4.16. The molecule has 4 heterocycles. The molecule has 5 rings (SSSR count). The van der Waals surface area contributed by atoms with E-state index in [0.717, 1.165) is 46.9 Å². The van der Waals surface area contributed by atoms with E-state index in [-0.39, 0.29) is 17.8 Å². The topological polar surface area (TPSA) is 51.8 Å². The number of alkyl halides is 3. The molecular formula is C27H29F3N6. The minimum atomic E-state index is -4.47. The average molecular weight is 495 g/mol. The number of pyridine rings is 1. The zero-order chi connectivity index (χ0) is 25.8. The van der Waals surface area contributed by atoms with Crippen LogP contribution in [0.5, 0.6) is 0 Å². The van der Waals surface area contributed by atoms with Gasteiger partial charge in [0.25, 0.3) is 0 Å². The first-order chi connectivity index (χ1) is 17.0. The molecule has 0 saturated heterocycles. The van der Waals surface area contributed by atoms with Gasteiger partial charge in [-0.2, -0.15) is 13.2 Å². The van der Waals surface area contributed by atoms with Crippen molar-refractivity contribution in [2.45, 2.75) is 52.4 Å². The highest BCUT2D eigenvalue weighted by Crippen LogP contribution is 2.37. The van der Waals surface area contributed by atoms with Crippen LogP contribution in [0, 0.1) is 6.92 Å². The second-order valence-corrected chi connectivity index (χ2v) is 9.75. The number of hydrogen-bond acceptors (Lipinski definition) is 4. The molecule has 0 saturated carbocycles. The Morgan fingerprint density at radius 1 is 1.06 bits per heavy atom. The maximum absolute atomic E-state index is 13.1. The lowest BCUT2D eigenvalue weighted by molar-refractivity contribution is -0.140. The number of fused-ring (bicyclic) bond motifs is 1. The van der Waals surface area contributed by atoms with Crippen molar-refractivity contribution in [2.24, 2.45) is 7.05 Å². The monoisotopic (exact) mass is 494 g/mol. The van der Waals surface area contributed by atoms with Crippen LogP contribution >= 0.6 is 0 Å². The lowest BCUT2D eigenvalue weighted by atomic mass is 9.99. The smallest absolute Gasteiger partial charge is 0.364 e. The van der Waals surface area contributed by atoms with Crippen LogP contribution in [0.1, 0.15) is 55.6 Å². The quantitative estimate of drug-likeness (QED) is 0.331. The van der Waals surface area contributed by atoms with E-state index in [4.69, 9.17) is 4.98 Å². The zero-order valence-corrected chi connectivity index (χ0v) is 21.0. The van der Waals surface area contributed by atoms with Gasteiger partial charge >= 0.3 is 6.18 Å². The fourth-order valence-electron chi connectivity index (χ4n) is 5.15. The predicted molar refractivity (Wildman–Crippen MR) is 134 cm³/mol. The number of hydrogen-bond donors (Lipinski definition) is 0. The van der Waals surface area contributed by atoms with Gasteiger partial charge in [0.2, 0.25) is 0 Å². The van der Waals surface area contributed by atoms with Crippen molar-refractivity contribution in [2.75, 3.05) is 11.4 Å². The molecule has 0 radical (unpaired) electrons. The largest absolute Gasteiger partial charge is 0.434 e. The Labute approximate surface area is 208 Å². The Morgan fingerprint density at radius 2 is 1.78 bits per heavy atom. The molecule has 3 aromatic heterocycles. The van der Waals surface area contributed by atoms with Gasteiger partial charge in [-0.3, -0.25) is 4.98 Å². The summed E-state index contributed by atoms with van der Waals surface area (Å²) in [5.41, 5.74) is 4.95. The maximum Gasteiger partial charge on any atom is 0.434 e. The first-order valence-corrected chi connectivity index (χ1v) is 12.0. The highest BCUT2D eigenvalue weighted by atomic mass is 19.4. The van der Waals surface area contributed by atoms with E-state index in [2.05, 4.69) is 46.3 Å². The molecule has 0 fully saturated rings. The van der Waals surface area contributed by atoms with Crippen LogP contribution in [0.25, 0.3) is 22.6 Å². The van der Waals surface area contributed by atoms with Crippen LogP contribution < -0.4 is 4.90 Å². The van der Waals surface area contributed by atoms with Gasteiger partial charge in [-0.1, -0.05) is 13.8 Å². The molecule has 1 atom stereocenters. The summed E-state index contributed by atoms with van der Waals surface area (Å²) in [5.74, 6) is 1.54. The van der Waals surface area contributed by atoms with Gasteiger partial charge in [-0.25, -0.2) is 9.97 Å². The van der Waals surface area contributed by atoms with Gasteiger partial charge in [-0.15, -0.1) is 0 Å². The molecule has 0 N–H and O–H groups in total. The summed E-state index contributed by atoms with van der Waals surface area (Å²) in [4.78, 5) is 15.7. The summed E-state index contributed by atoms with van der Waals surface area (Å²) in [7, 11) is 1.58. The van der Waals surface area contributed by atoms with E-state index in [1.807, 2.05) is 43.5 Å². The highest BCUT2D eigenvalue weighted by molar-refractivity contribution is 5.67. The van der Waals surface area contributed by atoms with Crippen LogP contribution in [0.4, 0.5) is 18.9 Å². The van der Waals surface area contributed by atoms with Crippen LogP contribution in [0.3, 0.4) is 0 Å². The van der Waals surface area contributed by atoms with Gasteiger partial charge < -0.3 is 14.0 Å². The second-order valence-electron chi connectivity index (χ2n) is 9.75. The van der Waals surface area contributed by atoms with Crippen LogP contribution in [0.2, 0.25) is 0 Å². The van der Waals surface area contributed by atoms with E-state index < -0.39 is 11.9 Å². The lowest BCUT2D eigenvalue weighted by Gasteiger charge is -2.35. The summed E-state index contributed by atoms with van der Waals surface area (Å²) in [5, 5.41) is 0. The molecule has 4 aromatic rings. The number of imidazole rings is 2. The zero-order valence-electron chi connectivity index (χ0n) is 21.0. The van der Waals surface area contributed by atoms with Gasteiger partial charge in [0.1, 0.15) is 11.6 Å². The molecule has 6 nitrogen and oxygen atoms in total. The predicted octanol–water partition coefficient (Wildman–Crippen LogP) is 6.38. The molecule has 0 spiro atoms. The van der Waals surface area contributed by atoms with Crippen LogP contribution in [0.15, 0.2) is 48.8 Å². The molecule has 0 bridgehead atoms. The number of halogens is 3. The molecule has 0 unspecified atom stereocenters. The van der Waals surface area contributed by atoms with Crippen molar-refractivity contribution in [1.82, 2.24) is 24.1 Å². The Bertz CT molecular complexity index is 1400. The van der Waals surface area contributed by atoms with Crippen molar-refractivity contribution in [1.29, 1.82) is 0 Å². The Hall–Kier alpha value is -3.62.